The van der Waals surface area contributed by atoms with E-state index in [1.165, 1.54) is 6.42 Å². The van der Waals surface area contributed by atoms with Crippen LogP contribution in [0.4, 0.5) is 0 Å². The van der Waals surface area contributed by atoms with E-state index in [2.05, 4.69) is 16.3 Å². The monoisotopic (exact) mass is 182 g/mol. The lowest BCUT2D eigenvalue weighted by atomic mass is 10.2. The maximum atomic E-state index is 5.30. The van der Waals surface area contributed by atoms with Crippen LogP contribution in [0.1, 0.15) is 6.42 Å². The van der Waals surface area contributed by atoms with Crippen molar-refractivity contribution in [1.82, 2.24) is 10.2 Å². The Kier molecular flexibility index (Phi) is 3.35. The van der Waals surface area contributed by atoms with Gasteiger partial charge in [0.1, 0.15) is 0 Å². The molecule has 3 heteroatoms. The summed E-state index contributed by atoms with van der Waals surface area (Å²) in [5, 5.41) is 3.35. The number of rotatable bonds is 2. The molecule has 0 atom stereocenters. The van der Waals surface area contributed by atoms with Crippen LogP contribution in [0.3, 0.4) is 0 Å². The Morgan fingerprint density at radius 1 is 1.38 bits per heavy atom. The van der Waals surface area contributed by atoms with Crippen LogP contribution in [-0.4, -0.2) is 50.8 Å². The molecule has 2 saturated heterocycles. The second-order valence-corrected chi connectivity index (χ2v) is 3.70. The van der Waals surface area contributed by atoms with Gasteiger partial charge in [-0.25, -0.2) is 0 Å². The van der Waals surface area contributed by atoms with Crippen molar-refractivity contribution < 1.29 is 4.74 Å². The second kappa shape index (κ2) is 4.74. The Hall–Kier alpha value is -0.380. The van der Waals surface area contributed by atoms with E-state index < -0.39 is 0 Å². The average molecular weight is 182 g/mol. The maximum absolute atomic E-state index is 5.30. The molecular formula is C10H18N2O. The van der Waals surface area contributed by atoms with Crippen LogP contribution >= 0.6 is 0 Å². The molecule has 2 aliphatic heterocycles. The van der Waals surface area contributed by atoms with Gasteiger partial charge in [0.2, 0.25) is 0 Å². The Balaban J connectivity index is 1.73. The smallest absolute Gasteiger partial charge is 0.0594 e. The quantitative estimate of drug-likeness (QED) is 0.619. The van der Waals surface area contributed by atoms with E-state index in [9.17, 15) is 0 Å². The molecule has 0 amide bonds. The molecule has 0 bridgehead atoms. The van der Waals surface area contributed by atoms with Gasteiger partial charge in [-0.05, 0) is 13.0 Å². The third-order valence-electron chi connectivity index (χ3n) is 2.72. The van der Waals surface area contributed by atoms with Gasteiger partial charge in [0.05, 0.1) is 13.2 Å². The highest BCUT2D eigenvalue weighted by atomic mass is 16.5. The van der Waals surface area contributed by atoms with Crippen molar-refractivity contribution in [3.8, 4) is 0 Å². The summed E-state index contributed by atoms with van der Waals surface area (Å²) in [6, 6.07) is 0. The zero-order chi connectivity index (χ0) is 8.93. The van der Waals surface area contributed by atoms with E-state index in [1.54, 1.807) is 5.57 Å². The van der Waals surface area contributed by atoms with Crippen molar-refractivity contribution in [1.29, 1.82) is 0 Å². The van der Waals surface area contributed by atoms with E-state index in [-0.39, 0.29) is 0 Å². The Bertz CT molecular complexity index is 177. The molecule has 3 nitrogen and oxygen atoms in total. The zero-order valence-electron chi connectivity index (χ0n) is 8.09. The van der Waals surface area contributed by atoms with Gasteiger partial charge in [-0.15, -0.1) is 0 Å². The second-order valence-electron chi connectivity index (χ2n) is 3.70. The number of nitrogens with zero attached hydrogens (tertiary/aromatic N) is 1. The van der Waals surface area contributed by atoms with Crippen molar-refractivity contribution in [2.24, 2.45) is 0 Å². The minimum absolute atomic E-state index is 0.904. The number of hydrogen-bond acceptors (Lipinski definition) is 3. The molecule has 13 heavy (non-hydrogen) atoms. The summed E-state index contributed by atoms with van der Waals surface area (Å²) in [6.45, 7) is 7.37. The lowest BCUT2D eigenvalue weighted by molar-refractivity contribution is 0.0433. The first-order valence-corrected chi connectivity index (χ1v) is 5.14. The van der Waals surface area contributed by atoms with E-state index in [4.69, 9.17) is 4.74 Å². The zero-order valence-corrected chi connectivity index (χ0v) is 8.09. The molecule has 2 fully saturated rings. The standard InChI is InChI=1S/C10H18N2O/c1-3-11-9-10(1)2-4-12-5-7-13-8-6-12/h2,11H,1,3-9H2/b10-2+. The SMILES string of the molecule is C(/CN1CCOCC1)=C1/CCNC1. The molecule has 0 radical (unpaired) electrons. The fraction of sp³-hybridized carbons (Fsp3) is 0.800. The third-order valence-corrected chi connectivity index (χ3v) is 2.72. The summed E-state index contributed by atoms with van der Waals surface area (Å²) in [4.78, 5) is 2.45. The molecule has 2 rings (SSSR count). The van der Waals surface area contributed by atoms with Gasteiger partial charge < -0.3 is 10.1 Å². The van der Waals surface area contributed by atoms with Crippen LogP contribution in [0, 0.1) is 0 Å². The molecule has 0 spiro atoms. The van der Waals surface area contributed by atoms with E-state index in [0.717, 1.165) is 45.9 Å². The van der Waals surface area contributed by atoms with Crippen LogP contribution in [0.2, 0.25) is 0 Å². The fourth-order valence-corrected chi connectivity index (χ4v) is 1.80. The van der Waals surface area contributed by atoms with Gasteiger partial charge in [-0.3, -0.25) is 4.90 Å². The highest BCUT2D eigenvalue weighted by Gasteiger charge is 2.10. The van der Waals surface area contributed by atoms with Crippen LogP contribution in [0.15, 0.2) is 11.6 Å². The highest BCUT2D eigenvalue weighted by molar-refractivity contribution is 5.09. The van der Waals surface area contributed by atoms with Crippen LogP contribution < -0.4 is 5.32 Å². The normalized spacial score (nSPS) is 28.5. The van der Waals surface area contributed by atoms with E-state index in [0.29, 0.717) is 0 Å². The summed E-state index contributed by atoms with van der Waals surface area (Å²) < 4.78 is 5.30. The van der Waals surface area contributed by atoms with Gasteiger partial charge >= 0.3 is 0 Å². The molecule has 1 N–H and O–H groups in total. The number of ether oxygens (including phenoxy) is 1. The van der Waals surface area contributed by atoms with Crippen molar-refractivity contribution in [3.05, 3.63) is 11.6 Å². The lowest BCUT2D eigenvalue weighted by Crippen LogP contribution is -2.36. The average Bonchev–Trinajstić information content (AvgIpc) is 2.69. The number of morpholine rings is 1. The van der Waals surface area contributed by atoms with Crippen molar-refractivity contribution in [3.63, 3.8) is 0 Å². The molecular weight excluding hydrogens is 164 g/mol. The van der Waals surface area contributed by atoms with Gasteiger partial charge in [0.15, 0.2) is 0 Å². The predicted octanol–water partition coefficient (Wildman–Crippen LogP) is 0.238. The van der Waals surface area contributed by atoms with Gasteiger partial charge in [0.25, 0.3) is 0 Å². The summed E-state index contributed by atoms with van der Waals surface area (Å²) in [5.41, 5.74) is 1.58. The molecule has 2 heterocycles. The fourth-order valence-electron chi connectivity index (χ4n) is 1.80. The summed E-state index contributed by atoms with van der Waals surface area (Å²) in [5.74, 6) is 0. The minimum Gasteiger partial charge on any atom is -0.379 e. The Morgan fingerprint density at radius 3 is 2.92 bits per heavy atom. The molecule has 0 aromatic heterocycles. The summed E-state index contributed by atoms with van der Waals surface area (Å²) in [6.07, 6.45) is 3.62. The molecule has 2 aliphatic rings. The first kappa shape index (κ1) is 9.19. The van der Waals surface area contributed by atoms with Crippen LogP contribution in [0.5, 0.6) is 0 Å². The van der Waals surface area contributed by atoms with Crippen molar-refractivity contribution >= 4 is 0 Å². The van der Waals surface area contributed by atoms with Crippen LogP contribution in [-0.2, 0) is 4.74 Å². The highest BCUT2D eigenvalue weighted by Crippen LogP contribution is 2.06. The van der Waals surface area contributed by atoms with Gasteiger partial charge in [0, 0.05) is 26.2 Å². The number of hydrogen-bond donors (Lipinski definition) is 1. The largest absolute Gasteiger partial charge is 0.379 e. The predicted molar refractivity (Wildman–Crippen MR) is 52.8 cm³/mol. The maximum Gasteiger partial charge on any atom is 0.0594 e. The Morgan fingerprint density at radius 2 is 2.23 bits per heavy atom. The minimum atomic E-state index is 0.904. The molecule has 0 aromatic rings. The Labute approximate surface area is 79.7 Å². The molecule has 0 saturated carbocycles. The van der Waals surface area contributed by atoms with Crippen molar-refractivity contribution in [2.45, 2.75) is 6.42 Å². The topological polar surface area (TPSA) is 24.5 Å². The lowest BCUT2D eigenvalue weighted by Gasteiger charge is -2.25. The van der Waals surface area contributed by atoms with E-state index >= 15 is 0 Å². The first-order chi connectivity index (χ1) is 6.45. The summed E-state index contributed by atoms with van der Waals surface area (Å²) in [7, 11) is 0. The van der Waals surface area contributed by atoms with Gasteiger partial charge in [-0.1, -0.05) is 11.6 Å². The molecule has 74 valence electrons. The number of nitrogens with one attached hydrogen (secondary N) is 1. The third kappa shape index (κ3) is 2.79. The van der Waals surface area contributed by atoms with Crippen molar-refractivity contribution in [2.75, 3.05) is 45.9 Å². The van der Waals surface area contributed by atoms with Crippen LogP contribution in [0.25, 0.3) is 0 Å². The molecule has 0 aromatic carbocycles. The molecule has 0 unspecified atom stereocenters. The first-order valence-electron chi connectivity index (χ1n) is 5.14. The van der Waals surface area contributed by atoms with Gasteiger partial charge in [-0.2, -0.15) is 0 Å². The molecule has 0 aliphatic carbocycles. The summed E-state index contributed by atoms with van der Waals surface area (Å²) >= 11 is 0. The van der Waals surface area contributed by atoms with E-state index in [1.807, 2.05) is 0 Å².